The molecule has 0 spiro atoms. The SMILES string of the molecule is CC1CCc2c(F)cccc2C1NC(=O)CCN. The van der Waals surface area contributed by atoms with E-state index in [9.17, 15) is 9.18 Å². The van der Waals surface area contributed by atoms with E-state index in [2.05, 4.69) is 12.2 Å². The van der Waals surface area contributed by atoms with Crippen LogP contribution in [-0.4, -0.2) is 12.5 Å². The van der Waals surface area contributed by atoms with Crippen molar-refractivity contribution in [1.29, 1.82) is 0 Å². The van der Waals surface area contributed by atoms with E-state index in [1.54, 1.807) is 6.07 Å². The Morgan fingerprint density at radius 3 is 3.06 bits per heavy atom. The molecule has 3 nitrogen and oxygen atoms in total. The van der Waals surface area contributed by atoms with Gasteiger partial charge in [0.15, 0.2) is 0 Å². The van der Waals surface area contributed by atoms with Crippen molar-refractivity contribution >= 4 is 5.91 Å². The van der Waals surface area contributed by atoms with E-state index in [0.717, 1.165) is 24.0 Å². The van der Waals surface area contributed by atoms with E-state index in [0.29, 0.717) is 18.9 Å². The molecule has 98 valence electrons. The second-order valence-electron chi connectivity index (χ2n) is 4.91. The molecule has 0 fully saturated rings. The molecule has 0 saturated heterocycles. The van der Waals surface area contributed by atoms with Crippen LogP contribution in [0.1, 0.15) is 36.9 Å². The molecule has 1 aromatic rings. The highest BCUT2D eigenvalue weighted by molar-refractivity contribution is 5.76. The highest BCUT2D eigenvalue weighted by Gasteiger charge is 2.29. The standard InChI is InChI=1S/C14H19FN2O/c1-9-5-6-10-11(3-2-4-12(10)15)14(9)17-13(18)7-8-16/h2-4,9,14H,5-8,16H2,1H3,(H,17,18). The van der Waals surface area contributed by atoms with Crippen LogP contribution in [0, 0.1) is 11.7 Å². The summed E-state index contributed by atoms with van der Waals surface area (Å²) in [4.78, 5) is 11.7. The summed E-state index contributed by atoms with van der Waals surface area (Å²) >= 11 is 0. The minimum absolute atomic E-state index is 0.0635. The van der Waals surface area contributed by atoms with Crippen LogP contribution in [-0.2, 0) is 11.2 Å². The van der Waals surface area contributed by atoms with Gasteiger partial charge in [0.2, 0.25) is 5.91 Å². The zero-order valence-corrected chi connectivity index (χ0v) is 10.6. The number of halogens is 1. The largest absolute Gasteiger partial charge is 0.349 e. The van der Waals surface area contributed by atoms with Crippen LogP contribution in [0.2, 0.25) is 0 Å². The smallest absolute Gasteiger partial charge is 0.221 e. The Bertz CT molecular complexity index is 447. The predicted octanol–water partition coefficient (Wildman–Crippen LogP) is 1.91. The van der Waals surface area contributed by atoms with Crippen LogP contribution < -0.4 is 11.1 Å². The molecule has 1 amide bonds. The predicted molar refractivity (Wildman–Crippen MR) is 68.4 cm³/mol. The van der Waals surface area contributed by atoms with E-state index < -0.39 is 0 Å². The van der Waals surface area contributed by atoms with Crippen molar-refractivity contribution in [1.82, 2.24) is 5.32 Å². The molecule has 0 aliphatic heterocycles. The third-order valence-electron chi connectivity index (χ3n) is 3.60. The minimum atomic E-state index is -0.169. The maximum atomic E-state index is 13.7. The molecule has 1 aliphatic rings. The number of hydrogen-bond acceptors (Lipinski definition) is 2. The van der Waals surface area contributed by atoms with E-state index >= 15 is 0 Å². The topological polar surface area (TPSA) is 55.1 Å². The lowest BCUT2D eigenvalue weighted by Gasteiger charge is -2.32. The van der Waals surface area contributed by atoms with Gasteiger partial charge in [-0.05, 0) is 36.0 Å². The van der Waals surface area contributed by atoms with Crippen molar-refractivity contribution in [3.63, 3.8) is 0 Å². The van der Waals surface area contributed by atoms with Gasteiger partial charge in [0.25, 0.3) is 0 Å². The number of fused-ring (bicyclic) bond motifs is 1. The first-order valence-corrected chi connectivity index (χ1v) is 6.40. The summed E-state index contributed by atoms with van der Waals surface area (Å²) in [7, 11) is 0. The average Bonchev–Trinajstić information content (AvgIpc) is 2.33. The summed E-state index contributed by atoms with van der Waals surface area (Å²) in [6, 6.07) is 4.99. The maximum Gasteiger partial charge on any atom is 0.221 e. The van der Waals surface area contributed by atoms with Gasteiger partial charge in [-0.1, -0.05) is 19.1 Å². The monoisotopic (exact) mass is 250 g/mol. The molecule has 4 heteroatoms. The normalized spacial score (nSPS) is 22.4. The third kappa shape index (κ3) is 2.53. The Morgan fingerprint density at radius 2 is 2.33 bits per heavy atom. The lowest BCUT2D eigenvalue weighted by atomic mass is 9.80. The van der Waals surface area contributed by atoms with Crippen molar-refractivity contribution in [2.24, 2.45) is 11.7 Å². The van der Waals surface area contributed by atoms with Gasteiger partial charge in [-0.3, -0.25) is 4.79 Å². The molecule has 0 saturated carbocycles. The van der Waals surface area contributed by atoms with Crippen LogP contribution in [0.15, 0.2) is 18.2 Å². The van der Waals surface area contributed by atoms with Gasteiger partial charge in [0.1, 0.15) is 5.82 Å². The van der Waals surface area contributed by atoms with Crippen molar-refractivity contribution in [3.05, 3.63) is 35.1 Å². The molecular formula is C14H19FN2O. The minimum Gasteiger partial charge on any atom is -0.349 e. The van der Waals surface area contributed by atoms with Crippen LogP contribution in [0.25, 0.3) is 0 Å². The Kier molecular flexibility index (Phi) is 3.97. The molecule has 1 aromatic carbocycles. The van der Waals surface area contributed by atoms with Gasteiger partial charge < -0.3 is 11.1 Å². The summed E-state index contributed by atoms with van der Waals surface area (Å²) in [6.07, 6.45) is 1.95. The van der Waals surface area contributed by atoms with E-state index in [1.165, 1.54) is 6.07 Å². The van der Waals surface area contributed by atoms with Crippen molar-refractivity contribution < 1.29 is 9.18 Å². The van der Waals surface area contributed by atoms with Crippen LogP contribution in [0.5, 0.6) is 0 Å². The fourth-order valence-electron chi connectivity index (χ4n) is 2.57. The fraction of sp³-hybridized carbons (Fsp3) is 0.500. The first-order valence-electron chi connectivity index (χ1n) is 6.40. The van der Waals surface area contributed by atoms with Gasteiger partial charge in [-0.25, -0.2) is 4.39 Å². The molecule has 0 heterocycles. The molecule has 3 N–H and O–H groups in total. The summed E-state index contributed by atoms with van der Waals surface area (Å²) in [5, 5.41) is 2.97. The number of nitrogens with one attached hydrogen (secondary N) is 1. The first kappa shape index (κ1) is 13.0. The quantitative estimate of drug-likeness (QED) is 0.861. The average molecular weight is 250 g/mol. The van der Waals surface area contributed by atoms with Crippen LogP contribution >= 0.6 is 0 Å². The van der Waals surface area contributed by atoms with E-state index in [-0.39, 0.29) is 17.8 Å². The summed E-state index contributed by atoms with van der Waals surface area (Å²) in [5.74, 6) is 0.0879. The molecule has 2 atom stereocenters. The molecular weight excluding hydrogens is 231 g/mol. The Morgan fingerprint density at radius 1 is 1.56 bits per heavy atom. The number of benzene rings is 1. The number of nitrogens with two attached hydrogens (primary N) is 1. The number of hydrogen-bond donors (Lipinski definition) is 2. The van der Waals surface area contributed by atoms with Gasteiger partial charge in [-0.15, -0.1) is 0 Å². The van der Waals surface area contributed by atoms with Crippen molar-refractivity contribution in [2.45, 2.75) is 32.2 Å². The van der Waals surface area contributed by atoms with Gasteiger partial charge in [0.05, 0.1) is 6.04 Å². The fourth-order valence-corrected chi connectivity index (χ4v) is 2.57. The second kappa shape index (κ2) is 5.48. The van der Waals surface area contributed by atoms with Gasteiger partial charge in [0, 0.05) is 13.0 Å². The zero-order chi connectivity index (χ0) is 13.1. The molecule has 0 radical (unpaired) electrons. The van der Waals surface area contributed by atoms with Gasteiger partial charge >= 0.3 is 0 Å². The zero-order valence-electron chi connectivity index (χ0n) is 10.6. The Hall–Kier alpha value is -1.42. The lowest BCUT2D eigenvalue weighted by Crippen LogP contribution is -2.36. The second-order valence-corrected chi connectivity index (χ2v) is 4.91. The molecule has 2 rings (SSSR count). The van der Waals surface area contributed by atoms with Gasteiger partial charge in [-0.2, -0.15) is 0 Å². The Labute approximate surface area is 107 Å². The van der Waals surface area contributed by atoms with E-state index in [1.807, 2.05) is 6.07 Å². The summed E-state index contributed by atoms with van der Waals surface area (Å²) < 4.78 is 13.7. The number of amides is 1. The highest BCUT2D eigenvalue weighted by Crippen LogP contribution is 2.35. The summed E-state index contributed by atoms with van der Waals surface area (Å²) in [5.41, 5.74) is 7.03. The highest BCUT2D eigenvalue weighted by atomic mass is 19.1. The van der Waals surface area contributed by atoms with Crippen LogP contribution in [0.4, 0.5) is 4.39 Å². The van der Waals surface area contributed by atoms with Crippen molar-refractivity contribution in [2.75, 3.05) is 6.54 Å². The number of carbonyl (C=O) groups excluding carboxylic acids is 1. The maximum absolute atomic E-state index is 13.7. The van der Waals surface area contributed by atoms with E-state index in [4.69, 9.17) is 5.73 Å². The molecule has 2 unspecified atom stereocenters. The lowest BCUT2D eigenvalue weighted by molar-refractivity contribution is -0.122. The molecule has 18 heavy (non-hydrogen) atoms. The summed E-state index contributed by atoms with van der Waals surface area (Å²) in [6.45, 7) is 2.42. The Balaban J connectivity index is 2.25. The number of carbonyl (C=O) groups is 1. The molecule has 0 bridgehead atoms. The third-order valence-corrected chi connectivity index (χ3v) is 3.60. The molecule has 1 aliphatic carbocycles. The first-order chi connectivity index (χ1) is 8.63. The number of rotatable bonds is 3. The van der Waals surface area contributed by atoms with Crippen LogP contribution in [0.3, 0.4) is 0 Å². The molecule has 0 aromatic heterocycles. The van der Waals surface area contributed by atoms with Crippen molar-refractivity contribution in [3.8, 4) is 0 Å².